The highest BCUT2D eigenvalue weighted by Gasteiger charge is 2.13. The fourth-order valence-electron chi connectivity index (χ4n) is 2.13. The number of carbonyl (C=O) groups is 1. The minimum atomic E-state index is -0.134. The second kappa shape index (κ2) is 7.49. The number of nitrogens with zero attached hydrogens (tertiary/aromatic N) is 4. The Bertz CT molecular complexity index is 617. The highest BCUT2D eigenvalue weighted by Crippen LogP contribution is 2.03. The fourth-order valence-corrected chi connectivity index (χ4v) is 2.13. The number of aryl methyl sites for hydroxylation is 1. The Kier molecular flexibility index (Phi) is 5.41. The predicted octanol–water partition coefficient (Wildman–Crippen LogP) is 1.95. The maximum absolute atomic E-state index is 12.2. The molecule has 0 aliphatic heterocycles. The molecule has 1 unspecified atom stereocenters. The summed E-state index contributed by atoms with van der Waals surface area (Å²) in [5.41, 5.74) is 2.72. The maximum Gasteiger partial charge on any atom is 0.317 e. The Morgan fingerprint density at radius 3 is 2.82 bits per heavy atom. The first-order chi connectivity index (χ1) is 10.5. The third-order valence-electron chi connectivity index (χ3n) is 3.19. The van der Waals surface area contributed by atoms with E-state index in [0.717, 1.165) is 17.1 Å². The number of nitrogens with one attached hydrogen (secondary N) is 1. The summed E-state index contributed by atoms with van der Waals surface area (Å²) in [7, 11) is 1.74. The fraction of sp³-hybridized carbons (Fsp3) is 0.375. The number of rotatable bonds is 5. The number of hydrogen-bond donors (Lipinski definition) is 1. The molecule has 0 saturated heterocycles. The van der Waals surface area contributed by atoms with Gasteiger partial charge in [0.15, 0.2) is 0 Å². The summed E-state index contributed by atoms with van der Waals surface area (Å²) in [5.74, 6) is 0. The standard InChI is InChI=1S/C16H21N5O/c1-12-5-4-6-14(19-12)9-13(2)20-16(22)21(3)11-15-10-17-7-8-18-15/h4-8,10,13H,9,11H2,1-3H3,(H,20,22). The van der Waals surface area contributed by atoms with Crippen molar-refractivity contribution in [2.75, 3.05) is 7.05 Å². The largest absolute Gasteiger partial charge is 0.335 e. The SMILES string of the molecule is Cc1cccc(CC(C)NC(=O)N(C)Cc2cnccn2)n1. The van der Waals surface area contributed by atoms with Crippen molar-refractivity contribution >= 4 is 6.03 Å². The van der Waals surface area contributed by atoms with Crippen LogP contribution in [-0.4, -0.2) is 39.0 Å². The average Bonchev–Trinajstić information content (AvgIpc) is 2.48. The van der Waals surface area contributed by atoms with Gasteiger partial charge < -0.3 is 10.2 Å². The summed E-state index contributed by atoms with van der Waals surface area (Å²) in [4.78, 5) is 26.4. The molecule has 0 saturated carbocycles. The lowest BCUT2D eigenvalue weighted by atomic mass is 10.1. The van der Waals surface area contributed by atoms with Crippen LogP contribution in [-0.2, 0) is 13.0 Å². The predicted molar refractivity (Wildman–Crippen MR) is 84.2 cm³/mol. The number of urea groups is 1. The molecule has 2 aromatic rings. The monoisotopic (exact) mass is 299 g/mol. The normalized spacial score (nSPS) is 11.8. The van der Waals surface area contributed by atoms with Gasteiger partial charge in [0.05, 0.1) is 18.4 Å². The molecule has 1 atom stereocenters. The zero-order valence-electron chi connectivity index (χ0n) is 13.2. The van der Waals surface area contributed by atoms with Crippen molar-refractivity contribution in [1.82, 2.24) is 25.2 Å². The highest BCUT2D eigenvalue weighted by molar-refractivity contribution is 5.74. The van der Waals surface area contributed by atoms with Gasteiger partial charge >= 0.3 is 6.03 Å². The summed E-state index contributed by atoms with van der Waals surface area (Å²) in [5, 5.41) is 2.97. The van der Waals surface area contributed by atoms with Gasteiger partial charge in [-0.3, -0.25) is 15.0 Å². The van der Waals surface area contributed by atoms with E-state index >= 15 is 0 Å². The Labute approximate surface area is 130 Å². The van der Waals surface area contributed by atoms with Crippen LogP contribution in [0.25, 0.3) is 0 Å². The lowest BCUT2D eigenvalue weighted by molar-refractivity contribution is 0.202. The molecule has 116 valence electrons. The first kappa shape index (κ1) is 15.9. The summed E-state index contributed by atoms with van der Waals surface area (Å²) < 4.78 is 0. The smallest absolute Gasteiger partial charge is 0.317 e. The molecule has 2 amide bonds. The highest BCUT2D eigenvalue weighted by atomic mass is 16.2. The average molecular weight is 299 g/mol. The summed E-state index contributed by atoms with van der Waals surface area (Å²) in [6, 6.07) is 5.78. The van der Waals surface area contributed by atoms with E-state index in [1.807, 2.05) is 32.0 Å². The molecule has 2 heterocycles. The van der Waals surface area contributed by atoms with E-state index in [9.17, 15) is 4.79 Å². The van der Waals surface area contributed by atoms with Crippen molar-refractivity contribution in [3.63, 3.8) is 0 Å². The van der Waals surface area contributed by atoms with Crippen LogP contribution in [0.3, 0.4) is 0 Å². The van der Waals surface area contributed by atoms with Crippen molar-refractivity contribution in [2.45, 2.75) is 32.9 Å². The zero-order chi connectivity index (χ0) is 15.9. The molecule has 22 heavy (non-hydrogen) atoms. The lowest BCUT2D eigenvalue weighted by Crippen LogP contribution is -2.42. The van der Waals surface area contributed by atoms with Crippen LogP contribution in [0.15, 0.2) is 36.8 Å². The van der Waals surface area contributed by atoms with E-state index < -0.39 is 0 Å². The molecule has 0 aliphatic carbocycles. The quantitative estimate of drug-likeness (QED) is 0.916. The summed E-state index contributed by atoms with van der Waals surface area (Å²) >= 11 is 0. The van der Waals surface area contributed by atoms with E-state index in [2.05, 4.69) is 20.3 Å². The van der Waals surface area contributed by atoms with Gasteiger partial charge in [-0.05, 0) is 26.0 Å². The minimum Gasteiger partial charge on any atom is -0.335 e. The van der Waals surface area contributed by atoms with Gasteiger partial charge in [0, 0.05) is 43.3 Å². The van der Waals surface area contributed by atoms with E-state index in [1.165, 1.54) is 0 Å². The first-order valence-electron chi connectivity index (χ1n) is 7.23. The maximum atomic E-state index is 12.2. The second-order valence-corrected chi connectivity index (χ2v) is 5.38. The Hall–Kier alpha value is -2.50. The molecule has 0 aliphatic rings. The number of aromatic nitrogens is 3. The van der Waals surface area contributed by atoms with E-state index in [4.69, 9.17) is 0 Å². The topological polar surface area (TPSA) is 71.0 Å². The van der Waals surface area contributed by atoms with Gasteiger partial charge in [0.25, 0.3) is 0 Å². The number of carbonyl (C=O) groups excluding carboxylic acids is 1. The van der Waals surface area contributed by atoms with Gasteiger partial charge in [0.2, 0.25) is 0 Å². The molecule has 2 rings (SSSR count). The Morgan fingerprint density at radius 2 is 2.14 bits per heavy atom. The van der Waals surface area contributed by atoms with Crippen LogP contribution in [0, 0.1) is 6.92 Å². The van der Waals surface area contributed by atoms with Gasteiger partial charge in [-0.2, -0.15) is 0 Å². The van der Waals surface area contributed by atoms with E-state index in [-0.39, 0.29) is 12.1 Å². The third kappa shape index (κ3) is 4.80. The molecule has 1 N–H and O–H groups in total. The zero-order valence-corrected chi connectivity index (χ0v) is 13.2. The molecule has 0 spiro atoms. The van der Waals surface area contributed by atoms with Crippen LogP contribution in [0.1, 0.15) is 24.0 Å². The molecular formula is C16H21N5O. The molecule has 0 radical (unpaired) electrons. The van der Waals surface area contributed by atoms with Gasteiger partial charge in [-0.25, -0.2) is 4.79 Å². The van der Waals surface area contributed by atoms with Crippen LogP contribution >= 0.6 is 0 Å². The molecule has 0 aromatic carbocycles. The van der Waals surface area contributed by atoms with Crippen molar-refractivity contribution < 1.29 is 4.79 Å². The number of amides is 2. The van der Waals surface area contributed by atoms with Crippen LogP contribution in [0.2, 0.25) is 0 Å². The molecule has 0 fully saturated rings. The third-order valence-corrected chi connectivity index (χ3v) is 3.19. The van der Waals surface area contributed by atoms with Crippen LogP contribution in [0.5, 0.6) is 0 Å². The van der Waals surface area contributed by atoms with Gasteiger partial charge in [-0.15, -0.1) is 0 Å². The molecule has 6 heteroatoms. The van der Waals surface area contributed by atoms with Crippen molar-refractivity contribution in [1.29, 1.82) is 0 Å². The van der Waals surface area contributed by atoms with Crippen molar-refractivity contribution in [3.8, 4) is 0 Å². The minimum absolute atomic E-state index is 0.00566. The van der Waals surface area contributed by atoms with Gasteiger partial charge in [-0.1, -0.05) is 6.07 Å². The van der Waals surface area contributed by atoms with Gasteiger partial charge in [0.1, 0.15) is 0 Å². The molecule has 2 aromatic heterocycles. The van der Waals surface area contributed by atoms with Crippen molar-refractivity contribution in [3.05, 3.63) is 53.9 Å². The van der Waals surface area contributed by atoms with Crippen LogP contribution < -0.4 is 5.32 Å². The summed E-state index contributed by atoms with van der Waals surface area (Å²) in [6.07, 6.45) is 5.59. The summed E-state index contributed by atoms with van der Waals surface area (Å²) in [6.45, 7) is 4.36. The Balaban J connectivity index is 1.85. The molecule has 0 bridgehead atoms. The Morgan fingerprint density at radius 1 is 1.32 bits per heavy atom. The van der Waals surface area contributed by atoms with E-state index in [0.29, 0.717) is 13.0 Å². The van der Waals surface area contributed by atoms with E-state index in [1.54, 1.807) is 30.5 Å². The van der Waals surface area contributed by atoms with Crippen molar-refractivity contribution in [2.24, 2.45) is 0 Å². The first-order valence-corrected chi connectivity index (χ1v) is 7.23. The van der Waals surface area contributed by atoms with Crippen LogP contribution in [0.4, 0.5) is 4.79 Å². The number of hydrogen-bond acceptors (Lipinski definition) is 4. The second-order valence-electron chi connectivity index (χ2n) is 5.38. The molecule has 6 nitrogen and oxygen atoms in total. The lowest BCUT2D eigenvalue weighted by Gasteiger charge is -2.21. The number of pyridine rings is 1. The molecular weight excluding hydrogens is 278 g/mol.